The minimum atomic E-state index is -4.61. The highest BCUT2D eigenvalue weighted by molar-refractivity contribution is 7.17. The van der Waals surface area contributed by atoms with Crippen molar-refractivity contribution in [2.24, 2.45) is 0 Å². The van der Waals surface area contributed by atoms with Gasteiger partial charge in [0.1, 0.15) is 17.6 Å². The lowest BCUT2D eigenvalue weighted by molar-refractivity contribution is -0.142. The van der Waals surface area contributed by atoms with Crippen molar-refractivity contribution in [2.75, 3.05) is 5.32 Å². The normalized spacial score (nSPS) is 25.1. The zero-order chi connectivity index (χ0) is 28.8. The summed E-state index contributed by atoms with van der Waals surface area (Å²) in [6, 6.07) is -1.62. The fraction of sp³-hybridized carbons (Fsp3) is 0.615. The van der Waals surface area contributed by atoms with Crippen LogP contribution in [-0.2, 0) is 0 Å². The largest absolute Gasteiger partial charge is 0.408 e. The molecule has 2 amide bonds. The van der Waals surface area contributed by atoms with Gasteiger partial charge in [-0.2, -0.15) is 13.2 Å². The topological polar surface area (TPSA) is 107 Å². The molecule has 14 heteroatoms. The first kappa shape index (κ1) is 28.7. The zero-order valence-electron chi connectivity index (χ0n) is 21.7. The molecule has 3 fully saturated rings. The molecule has 0 radical (unpaired) electrons. The molecule has 3 aliphatic rings. The Kier molecular flexibility index (Phi) is 8.01. The van der Waals surface area contributed by atoms with Crippen LogP contribution in [0.2, 0.25) is 0 Å². The van der Waals surface area contributed by atoms with E-state index in [9.17, 15) is 36.6 Å². The number of hydrogen-bond donors (Lipinski definition) is 3. The van der Waals surface area contributed by atoms with Crippen LogP contribution in [0.4, 0.5) is 27.8 Å². The summed E-state index contributed by atoms with van der Waals surface area (Å²) in [5.41, 5.74) is -0.963. The summed E-state index contributed by atoms with van der Waals surface area (Å²) >= 11 is 0.749. The Morgan fingerprint density at radius 3 is 2.38 bits per heavy atom. The second kappa shape index (κ2) is 11.2. The SMILES string of the molecule is CC[C@H](Nc1cc(C(F)F)c(-c2sc(C(=O)N[C@@H]3CCC[C@H]3O)nc2C(=O)N2[C@H]3CC[C@@H]2CC3)cn1)C(F)(F)F. The van der Waals surface area contributed by atoms with E-state index in [1.54, 1.807) is 4.90 Å². The Morgan fingerprint density at radius 1 is 1.15 bits per heavy atom. The molecule has 1 aliphatic carbocycles. The van der Waals surface area contributed by atoms with E-state index in [2.05, 4.69) is 20.6 Å². The van der Waals surface area contributed by atoms with E-state index in [0.29, 0.717) is 12.8 Å². The number of hydrogen-bond acceptors (Lipinski definition) is 7. The summed E-state index contributed by atoms with van der Waals surface area (Å²) in [4.78, 5) is 36.8. The van der Waals surface area contributed by atoms with Crippen LogP contribution in [0, 0.1) is 0 Å². The van der Waals surface area contributed by atoms with Crippen molar-refractivity contribution in [1.82, 2.24) is 20.2 Å². The third-order valence-electron chi connectivity index (χ3n) is 8.05. The molecule has 3 atom stereocenters. The van der Waals surface area contributed by atoms with Crippen molar-refractivity contribution >= 4 is 29.0 Å². The van der Waals surface area contributed by atoms with E-state index in [1.807, 2.05) is 0 Å². The van der Waals surface area contributed by atoms with Gasteiger partial charge < -0.3 is 20.6 Å². The third kappa shape index (κ3) is 5.52. The first-order chi connectivity index (χ1) is 19.0. The molecule has 0 unspecified atom stereocenters. The fourth-order valence-corrected chi connectivity index (χ4v) is 6.96. The number of carbonyl (C=O) groups excluding carboxylic acids is 2. The van der Waals surface area contributed by atoms with E-state index in [-0.39, 0.29) is 45.5 Å². The predicted molar refractivity (Wildman–Crippen MR) is 137 cm³/mol. The van der Waals surface area contributed by atoms with E-state index in [1.165, 1.54) is 6.92 Å². The Labute approximate surface area is 231 Å². The number of aliphatic hydroxyl groups is 1. The standard InChI is InChI=1S/C26H30F5N5O3S/c1-2-18(26(29,30)31)34-19-10-14(22(27)28)15(11-32-19)21-20(25(39)36-12-6-7-13(36)9-8-12)35-24(40-21)23(38)33-16-4-3-5-17(16)37/h10-13,16-18,22,37H,2-9H2,1H3,(H,32,34)(H,33,38)/t12-,13+,16-,17-,18+/m1/s1. The van der Waals surface area contributed by atoms with Crippen molar-refractivity contribution in [3.05, 3.63) is 28.5 Å². The fourth-order valence-electron chi connectivity index (χ4n) is 5.96. The second-order valence-electron chi connectivity index (χ2n) is 10.6. The van der Waals surface area contributed by atoms with Gasteiger partial charge in [-0.15, -0.1) is 11.3 Å². The van der Waals surface area contributed by atoms with E-state index in [0.717, 1.165) is 55.7 Å². The molecular weight excluding hydrogens is 557 g/mol. The molecule has 0 aromatic carbocycles. The number of alkyl halides is 5. The van der Waals surface area contributed by atoms with Crippen LogP contribution in [0.5, 0.6) is 0 Å². The van der Waals surface area contributed by atoms with Gasteiger partial charge in [-0.05, 0) is 57.4 Å². The first-order valence-electron chi connectivity index (χ1n) is 13.4. The molecule has 2 aromatic heterocycles. The first-order valence-corrected chi connectivity index (χ1v) is 14.2. The molecule has 3 N–H and O–H groups in total. The summed E-state index contributed by atoms with van der Waals surface area (Å²) in [6.07, 6.45) is -2.65. The van der Waals surface area contributed by atoms with Crippen LogP contribution >= 0.6 is 11.3 Å². The van der Waals surface area contributed by atoms with Gasteiger partial charge in [0.25, 0.3) is 18.2 Å². The number of halogens is 5. The summed E-state index contributed by atoms with van der Waals surface area (Å²) in [5, 5.41) is 14.9. The average Bonchev–Trinajstić information content (AvgIpc) is 3.70. The van der Waals surface area contributed by atoms with Crippen molar-refractivity contribution < 1.29 is 36.6 Å². The summed E-state index contributed by atoms with van der Waals surface area (Å²) in [5.74, 6) is -1.49. The Bertz CT molecular complexity index is 1250. The van der Waals surface area contributed by atoms with Crippen LogP contribution in [0.15, 0.2) is 12.3 Å². The van der Waals surface area contributed by atoms with Crippen LogP contribution in [0.25, 0.3) is 10.4 Å². The van der Waals surface area contributed by atoms with Crippen molar-refractivity contribution in [1.29, 1.82) is 0 Å². The third-order valence-corrected chi connectivity index (χ3v) is 9.14. The van der Waals surface area contributed by atoms with Gasteiger partial charge in [0.05, 0.1) is 17.0 Å². The number of fused-ring (bicyclic) bond motifs is 2. The van der Waals surface area contributed by atoms with Crippen LogP contribution < -0.4 is 10.6 Å². The van der Waals surface area contributed by atoms with Gasteiger partial charge in [-0.25, -0.2) is 18.7 Å². The molecule has 40 heavy (non-hydrogen) atoms. The minimum absolute atomic E-state index is 0.00517. The number of thiazole rings is 1. The number of anilines is 1. The summed E-state index contributed by atoms with van der Waals surface area (Å²) in [6.45, 7) is 1.31. The highest BCUT2D eigenvalue weighted by atomic mass is 32.1. The maximum Gasteiger partial charge on any atom is 0.408 e. The molecule has 1 saturated carbocycles. The molecule has 4 heterocycles. The Hall–Kier alpha value is -2.87. The van der Waals surface area contributed by atoms with Crippen LogP contribution in [0.3, 0.4) is 0 Å². The maximum absolute atomic E-state index is 14.3. The van der Waals surface area contributed by atoms with Crippen LogP contribution in [-0.4, -0.2) is 68.2 Å². The molecule has 8 nitrogen and oxygen atoms in total. The molecule has 5 rings (SSSR count). The Balaban J connectivity index is 1.53. The molecule has 0 spiro atoms. The van der Waals surface area contributed by atoms with E-state index < -0.39 is 48.2 Å². The lowest BCUT2D eigenvalue weighted by Crippen LogP contribution is -2.40. The highest BCUT2D eigenvalue weighted by Crippen LogP contribution is 2.42. The smallest absolute Gasteiger partial charge is 0.391 e. The number of nitrogens with one attached hydrogen (secondary N) is 2. The number of nitrogens with zero attached hydrogens (tertiary/aromatic N) is 3. The monoisotopic (exact) mass is 587 g/mol. The Morgan fingerprint density at radius 2 is 1.82 bits per heavy atom. The zero-order valence-corrected chi connectivity index (χ0v) is 22.5. The number of aliphatic hydroxyl groups excluding tert-OH is 1. The van der Waals surface area contributed by atoms with Gasteiger partial charge in [-0.1, -0.05) is 6.92 Å². The van der Waals surface area contributed by atoms with Gasteiger partial charge in [0.2, 0.25) is 0 Å². The summed E-state index contributed by atoms with van der Waals surface area (Å²) in [7, 11) is 0. The van der Waals surface area contributed by atoms with Crippen LogP contribution in [0.1, 0.15) is 90.6 Å². The molecule has 2 bridgehead atoms. The van der Waals surface area contributed by atoms with Crippen molar-refractivity contribution in [3.8, 4) is 10.4 Å². The number of pyridine rings is 1. The quantitative estimate of drug-likeness (QED) is 0.362. The summed E-state index contributed by atoms with van der Waals surface area (Å²) < 4.78 is 68.4. The van der Waals surface area contributed by atoms with Gasteiger partial charge in [0, 0.05) is 29.4 Å². The second-order valence-corrected chi connectivity index (χ2v) is 11.6. The van der Waals surface area contributed by atoms with Gasteiger partial charge >= 0.3 is 6.18 Å². The number of amides is 2. The van der Waals surface area contributed by atoms with E-state index in [4.69, 9.17) is 0 Å². The molecule has 2 aliphatic heterocycles. The van der Waals surface area contributed by atoms with Gasteiger partial charge in [0.15, 0.2) is 5.01 Å². The number of aromatic nitrogens is 2. The van der Waals surface area contributed by atoms with Crippen molar-refractivity contribution in [3.63, 3.8) is 0 Å². The van der Waals surface area contributed by atoms with Gasteiger partial charge in [-0.3, -0.25) is 9.59 Å². The average molecular weight is 588 g/mol. The predicted octanol–water partition coefficient (Wildman–Crippen LogP) is 5.31. The molecular formula is C26H30F5N5O3S. The lowest BCUT2D eigenvalue weighted by atomic mass is 10.0. The minimum Gasteiger partial charge on any atom is -0.391 e. The van der Waals surface area contributed by atoms with E-state index >= 15 is 0 Å². The van der Waals surface area contributed by atoms with Crippen molar-refractivity contribution in [2.45, 2.75) is 101 Å². The molecule has 2 aromatic rings. The number of carbonyl (C=O) groups is 2. The molecule has 2 saturated heterocycles. The molecule has 218 valence electrons. The lowest BCUT2D eigenvalue weighted by Gasteiger charge is -2.22. The maximum atomic E-state index is 14.3. The number of rotatable bonds is 8. The highest BCUT2D eigenvalue weighted by Gasteiger charge is 2.44.